The van der Waals surface area contributed by atoms with E-state index in [4.69, 9.17) is 4.74 Å². The maximum Gasteiger partial charge on any atom is 0.332 e. The van der Waals surface area contributed by atoms with Gasteiger partial charge >= 0.3 is 6.03 Å². The van der Waals surface area contributed by atoms with Crippen LogP contribution in [0.5, 0.6) is 5.75 Å². The summed E-state index contributed by atoms with van der Waals surface area (Å²) < 4.78 is 6.04. The number of imide groups is 1. The molecule has 1 aliphatic rings. The minimum absolute atomic E-state index is 0.0381. The molecule has 5 nitrogen and oxygen atoms in total. The largest absolute Gasteiger partial charge is 0.495 e. The number of ether oxygens (including phenoxy) is 1. The number of hydrogen-bond donors (Lipinski definition) is 0. The zero-order chi connectivity index (χ0) is 16.4. The Labute approximate surface area is 142 Å². The monoisotopic (exact) mass is 374 g/mol. The molecule has 1 saturated heterocycles. The number of urea groups is 1. The Morgan fingerprint density at radius 3 is 2.57 bits per heavy atom. The number of rotatable bonds is 4. The summed E-state index contributed by atoms with van der Waals surface area (Å²) in [5, 5.41) is 0. The lowest BCUT2D eigenvalue weighted by Crippen LogP contribution is -2.32. The van der Waals surface area contributed by atoms with Gasteiger partial charge in [-0.15, -0.1) is 0 Å². The Hall–Kier alpha value is -2.34. The average molecular weight is 375 g/mol. The lowest BCUT2D eigenvalue weighted by Gasteiger charge is -2.18. The number of hydrogen-bond acceptors (Lipinski definition) is 3. The van der Waals surface area contributed by atoms with E-state index in [1.807, 2.05) is 30.3 Å². The number of nitrogens with zero attached hydrogens (tertiary/aromatic N) is 2. The van der Waals surface area contributed by atoms with Crippen molar-refractivity contribution in [3.05, 3.63) is 58.6 Å². The summed E-state index contributed by atoms with van der Waals surface area (Å²) in [5.74, 6) is 0.407. The molecule has 1 aliphatic heterocycles. The van der Waals surface area contributed by atoms with E-state index >= 15 is 0 Å². The van der Waals surface area contributed by atoms with Crippen molar-refractivity contribution < 1.29 is 14.3 Å². The Bertz CT molecular complexity index is 749. The molecule has 0 bridgehead atoms. The summed E-state index contributed by atoms with van der Waals surface area (Å²) >= 11 is 3.38. The fourth-order valence-corrected chi connectivity index (χ4v) is 2.89. The number of anilines is 1. The molecule has 0 unspecified atom stereocenters. The zero-order valence-electron chi connectivity index (χ0n) is 12.5. The van der Waals surface area contributed by atoms with Gasteiger partial charge in [-0.1, -0.05) is 30.3 Å². The average Bonchev–Trinajstić information content (AvgIpc) is 2.84. The normalized spacial score (nSPS) is 14.5. The third-order valence-corrected chi connectivity index (χ3v) is 4.34. The number of carbonyl (C=O) groups is 2. The van der Waals surface area contributed by atoms with Gasteiger partial charge in [0.15, 0.2) is 0 Å². The van der Waals surface area contributed by atoms with Gasteiger partial charge in [-0.3, -0.25) is 14.6 Å². The van der Waals surface area contributed by atoms with E-state index in [0.29, 0.717) is 11.4 Å². The molecule has 6 heteroatoms. The van der Waals surface area contributed by atoms with Crippen molar-refractivity contribution in [2.45, 2.75) is 6.54 Å². The van der Waals surface area contributed by atoms with Crippen molar-refractivity contribution in [1.29, 1.82) is 0 Å². The van der Waals surface area contributed by atoms with Crippen molar-refractivity contribution in [2.24, 2.45) is 0 Å². The zero-order valence-corrected chi connectivity index (χ0v) is 14.1. The predicted octanol–water partition coefficient (Wildman–Crippen LogP) is 3.43. The van der Waals surface area contributed by atoms with Gasteiger partial charge in [-0.25, -0.2) is 4.79 Å². The summed E-state index contributed by atoms with van der Waals surface area (Å²) in [5.41, 5.74) is 1.56. The smallest absolute Gasteiger partial charge is 0.332 e. The van der Waals surface area contributed by atoms with Crippen LogP contribution in [0, 0.1) is 0 Å². The Morgan fingerprint density at radius 1 is 1.13 bits per heavy atom. The van der Waals surface area contributed by atoms with Gasteiger partial charge in [-0.05, 0) is 33.6 Å². The van der Waals surface area contributed by atoms with Crippen LogP contribution in [0.2, 0.25) is 0 Å². The fourth-order valence-electron chi connectivity index (χ4n) is 2.48. The quantitative estimate of drug-likeness (QED) is 0.770. The molecule has 118 valence electrons. The van der Waals surface area contributed by atoms with E-state index in [-0.39, 0.29) is 25.0 Å². The number of halogens is 1. The van der Waals surface area contributed by atoms with E-state index in [0.717, 1.165) is 10.0 Å². The van der Waals surface area contributed by atoms with Crippen LogP contribution in [0.25, 0.3) is 0 Å². The van der Waals surface area contributed by atoms with E-state index in [9.17, 15) is 9.59 Å². The first-order valence-corrected chi connectivity index (χ1v) is 7.89. The number of carbonyl (C=O) groups excluding carboxylic acids is 2. The summed E-state index contributed by atoms with van der Waals surface area (Å²) in [6.45, 7) is 0.319. The van der Waals surface area contributed by atoms with Crippen LogP contribution in [0.1, 0.15) is 5.56 Å². The van der Waals surface area contributed by atoms with Gasteiger partial charge in [0.25, 0.3) is 5.91 Å². The van der Waals surface area contributed by atoms with Gasteiger partial charge in [0.05, 0.1) is 18.1 Å². The summed E-state index contributed by atoms with van der Waals surface area (Å²) in [6, 6.07) is 14.5. The molecule has 0 atom stereocenters. The van der Waals surface area contributed by atoms with E-state index in [2.05, 4.69) is 15.9 Å². The first-order chi connectivity index (χ1) is 11.1. The minimum Gasteiger partial charge on any atom is -0.495 e. The number of amides is 3. The molecule has 2 aromatic carbocycles. The molecule has 0 saturated carbocycles. The molecule has 0 radical (unpaired) electrons. The molecule has 1 fully saturated rings. The highest BCUT2D eigenvalue weighted by atomic mass is 79.9. The molecule has 1 heterocycles. The highest BCUT2D eigenvalue weighted by molar-refractivity contribution is 9.10. The van der Waals surface area contributed by atoms with E-state index in [1.165, 1.54) is 9.80 Å². The molecule has 3 rings (SSSR count). The van der Waals surface area contributed by atoms with Gasteiger partial charge in [0.1, 0.15) is 12.3 Å². The molecular formula is C17H15BrN2O3. The first kappa shape index (κ1) is 15.6. The van der Waals surface area contributed by atoms with Gasteiger partial charge < -0.3 is 4.74 Å². The van der Waals surface area contributed by atoms with Crippen molar-refractivity contribution >= 4 is 33.6 Å². The van der Waals surface area contributed by atoms with Crippen LogP contribution in [-0.2, 0) is 11.3 Å². The molecule has 0 N–H and O–H groups in total. The maximum absolute atomic E-state index is 12.6. The van der Waals surface area contributed by atoms with Crippen molar-refractivity contribution in [1.82, 2.24) is 4.90 Å². The molecule has 3 amide bonds. The van der Waals surface area contributed by atoms with E-state index < -0.39 is 0 Å². The molecular weight excluding hydrogens is 360 g/mol. The minimum atomic E-state index is -0.316. The van der Waals surface area contributed by atoms with Gasteiger partial charge in [0.2, 0.25) is 0 Å². The second-order valence-corrected chi connectivity index (χ2v) is 6.01. The molecule has 2 aromatic rings. The van der Waals surface area contributed by atoms with Crippen molar-refractivity contribution in [3.8, 4) is 5.75 Å². The number of methoxy groups -OCH3 is 1. The topological polar surface area (TPSA) is 49.9 Å². The molecule has 0 aliphatic carbocycles. The van der Waals surface area contributed by atoms with Crippen LogP contribution in [0.4, 0.5) is 10.5 Å². The van der Waals surface area contributed by atoms with Crippen LogP contribution in [0.15, 0.2) is 53.0 Å². The second-order valence-electron chi connectivity index (χ2n) is 5.15. The molecule has 0 aromatic heterocycles. The van der Waals surface area contributed by atoms with Crippen LogP contribution in [0.3, 0.4) is 0 Å². The predicted molar refractivity (Wildman–Crippen MR) is 90.4 cm³/mol. The van der Waals surface area contributed by atoms with Crippen LogP contribution < -0.4 is 9.64 Å². The summed E-state index contributed by atoms with van der Waals surface area (Å²) in [6.07, 6.45) is 0. The van der Waals surface area contributed by atoms with Crippen LogP contribution >= 0.6 is 15.9 Å². The van der Waals surface area contributed by atoms with Gasteiger partial charge in [0, 0.05) is 11.8 Å². The third kappa shape index (κ3) is 3.07. The van der Waals surface area contributed by atoms with Crippen molar-refractivity contribution in [2.75, 3.05) is 18.6 Å². The Morgan fingerprint density at radius 2 is 1.87 bits per heavy atom. The first-order valence-electron chi connectivity index (χ1n) is 7.09. The lowest BCUT2D eigenvalue weighted by atomic mass is 10.2. The van der Waals surface area contributed by atoms with Crippen molar-refractivity contribution in [3.63, 3.8) is 0 Å². The second kappa shape index (κ2) is 6.42. The summed E-state index contributed by atoms with van der Waals surface area (Å²) in [4.78, 5) is 27.5. The molecule has 23 heavy (non-hydrogen) atoms. The Kier molecular flexibility index (Phi) is 4.34. The standard InChI is InChI=1S/C17H15BrN2O3/c1-23-15-9-13(7-8-14(15)18)19-11-16(21)20(17(19)22)10-12-5-3-2-4-6-12/h2-9H,10-11H2,1H3. The number of benzene rings is 2. The van der Waals surface area contributed by atoms with Crippen LogP contribution in [-0.4, -0.2) is 30.5 Å². The fraction of sp³-hybridized carbons (Fsp3) is 0.176. The lowest BCUT2D eigenvalue weighted by molar-refractivity contribution is -0.125. The highest BCUT2D eigenvalue weighted by Crippen LogP contribution is 2.31. The highest BCUT2D eigenvalue weighted by Gasteiger charge is 2.37. The maximum atomic E-state index is 12.6. The summed E-state index contributed by atoms with van der Waals surface area (Å²) in [7, 11) is 1.56. The van der Waals surface area contributed by atoms with E-state index in [1.54, 1.807) is 25.3 Å². The Balaban J connectivity index is 1.83. The third-order valence-electron chi connectivity index (χ3n) is 3.69. The van der Waals surface area contributed by atoms with Gasteiger partial charge in [-0.2, -0.15) is 0 Å². The molecule has 0 spiro atoms. The SMILES string of the molecule is COc1cc(N2CC(=O)N(Cc3ccccc3)C2=O)ccc1Br.